The SMILES string of the molecule is CCOC(=O)c1cc2c(C(F)(F)F)cc(Br)cn2c1. The van der Waals surface area contributed by atoms with E-state index in [4.69, 9.17) is 4.74 Å². The van der Waals surface area contributed by atoms with Gasteiger partial charge < -0.3 is 9.14 Å². The summed E-state index contributed by atoms with van der Waals surface area (Å²) in [5.41, 5.74) is -0.804. The van der Waals surface area contributed by atoms with Gasteiger partial charge in [0.25, 0.3) is 0 Å². The van der Waals surface area contributed by atoms with Crippen LogP contribution < -0.4 is 0 Å². The zero-order chi connectivity index (χ0) is 14.2. The Hall–Kier alpha value is -1.50. The standard InChI is InChI=1S/C12H9BrF3NO2/c1-2-19-11(18)7-3-10-9(12(14,15)16)4-8(13)6-17(10)5-7/h3-6H,2H2,1H3. The molecular formula is C12H9BrF3NO2. The highest BCUT2D eigenvalue weighted by molar-refractivity contribution is 9.10. The second-order valence-electron chi connectivity index (χ2n) is 3.81. The number of carbonyl (C=O) groups excluding carboxylic acids is 1. The fraction of sp³-hybridized carbons (Fsp3) is 0.250. The number of esters is 1. The molecule has 0 fully saturated rings. The number of pyridine rings is 1. The van der Waals surface area contributed by atoms with Crippen molar-refractivity contribution in [1.29, 1.82) is 0 Å². The first-order valence-corrected chi connectivity index (χ1v) is 6.18. The van der Waals surface area contributed by atoms with Gasteiger partial charge in [-0.25, -0.2) is 4.79 Å². The number of halogens is 4. The summed E-state index contributed by atoms with van der Waals surface area (Å²) < 4.78 is 45.0. The van der Waals surface area contributed by atoms with Crippen molar-refractivity contribution >= 4 is 27.4 Å². The number of ether oxygens (including phenoxy) is 1. The number of fused-ring (bicyclic) bond motifs is 1. The van der Waals surface area contributed by atoms with Crippen LogP contribution in [0.4, 0.5) is 13.2 Å². The fourth-order valence-electron chi connectivity index (χ4n) is 1.74. The molecule has 0 aliphatic carbocycles. The van der Waals surface area contributed by atoms with E-state index in [-0.39, 0.29) is 22.2 Å². The first-order chi connectivity index (χ1) is 8.82. The number of rotatable bonds is 2. The largest absolute Gasteiger partial charge is 0.462 e. The lowest BCUT2D eigenvalue weighted by Gasteiger charge is -2.09. The molecule has 0 saturated heterocycles. The molecule has 0 aliphatic heterocycles. The molecule has 0 atom stereocenters. The summed E-state index contributed by atoms with van der Waals surface area (Å²) in [6, 6.07) is 2.15. The van der Waals surface area contributed by atoms with E-state index in [0.717, 1.165) is 6.07 Å². The van der Waals surface area contributed by atoms with E-state index in [0.29, 0.717) is 0 Å². The third kappa shape index (κ3) is 2.75. The third-order valence-corrected chi connectivity index (χ3v) is 2.92. The molecule has 3 nitrogen and oxygen atoms in total. The lowest BCUT2D eigenvalue weighted by Crippen LogP contribution is -2.07. The minimum atomic E-state index is -4.49. The predicted molar refractivity (Wildman–Crippen MR) is 66.1 cm³/mol. The van der Waals surface area contributed by atoms with E-state index in [1.807, 2.05) is 0 Å². The zero-order valence-electron chi connectivity index (χ0n) is 9.79. The van der Waals surface area contributed by atoms with Crippen LogP contribution in [0.15, 0.2) is 29.0 Å². The van der Waals surface area contributed by atoms with Crippen LogP contribution >= 0.6 is 15.9 Å². The average Bonchev–Trinajstić information content (AvgIpc) is 2.70. The Kier molecular flexibility index (Phi) is 3.58. The monoisotopic (exact) mass is 335 g/mol. The van der Waals surface area contributed by atoms with Crippen molar-refractivity contribution in [2.24, 2.45) is 0 Å². The molecule has 0 aliphatic rings. The molecule has 102 valence electrons. The molecule has 2 aromatic rings. The maximum absolute atomic E-state index is 12.9. The van der Waals surface area contributed by atoms with Crippen molar-refractivity contribution in [1.82, 2.24) is 4.40 Å². The Morgan fingerprint density at radius 2 is 2.05 bits per heavy atom. The Balaban J connectivity index is 2.62. The van der Waals surface area contributed by atoms with E-state index < -0.39 is 17.7 Å². The van der Waals surface area contributed by atoms with Gasteiger partial charge in [0.15, 0.2) is 0 Å². The van der Waals surface area contributed by atoms with Gasteiger partial charge in [-0.3, -0.25) is 0 Å². The molecule has 0 saturated carbocycles. The molecule has 0 aromatic carbocycles. The topological polar surface area (TPSA) is 30.7 Å². The molecule has 0 unspecified atom stereocenters. The highest BCUT2D eigenvalue weighted by Crippen LogP contribution is 2.35. The van der Waals surface area contributed by atoms with E-state index in [1.165, 1.54) is 22.9 Å². The number of hydrogen-bond donors (Lipinski definition) is 0. The van der Waals surface area contributed by atoms with Crippen molar-refractivity contribution in [3.05, 3.63) is 40.1 Å². The second kappa shape index (κ2) is 4.88. The average molecular weight is 336 g/mol. The summed E-state index contributed by atoms with van der Waals surface area (Å²) >= 11 is 3.02. The Morgan fingerprint density at radius 1 is 1.37 bits per heavy atom. The van der Waals surface area contributed by atoms with Crippen molar-refractivity contribution in [3.8, 4) is 0 Å². The quantitative estimate of drug-likeness (QED) is 0.779. The van der Waals surface area contributed by atoms with Crippen molar-refractivity contribution in [2.75, 3.05) is 6.61 Å². The van der Waals surface area contributed by atoms with Gasteiger partial charge in [-0.05, 0) is 35.0 Å². The van der Waals surface area contributed by atoms with Crippen LogP contribution in [0.5, 0.6) is 0 Å². The van der Waals surface area contributed by atoms with Gasteiger partial charge in [-0.15, -0.1) is 0 Å². The predicted octanol–water partition coefficient (Wildman–Crippen LogP) is 3.90. The first-order valence-electron chi connectivity index (χ1n) is 5.38. The van der Waals surface area contributed by atoms with Crippen LogP contribution in [0.3, 0.4) is 0 Å². The number of nitrogens with zero attached hydrogens (tertiary/aromatic N) is 1. The number of aromatic nitrogens is 1. The zero-order valence-corrected chi connectivity index (χ0v) is 11.4. The minimum Gasteiger partial charge on any atom is -0.462 e. The van der Waals surface area contributed by atoms with E-state index in [9.17, 15) is 18.0 Å². The summed E-state index contributed by atoms with van der Waals surface area (Å²) in [4.78, 5) is 11.5. The van der Waals surface area contributed by atoms with Gasteiger partial charge in [0.1, 0.15) is 0 Å². The van der Waals surface area contributed by atoms with Crippen LogP contribution in [0.2, 0.25) is 0 Å². The van der Waals surface area contributed by atoms with Crippen LogP contribution in [-0.4, -0.2) is 17.0 Å². The highest BCUT2D eigenvalue weighted by atomic mass is 79.9. The van der Waals surface area contributed by atoms with Crippen molar-refractivity contribution in [2.45, 2.75) is 13.1 Å². The molecule has 2 heterocycles. The molecule has 2 aromatic heterocycles. The van der Waals surface area contributed by atoms with Crippen LogP contribution in [-0.2, 0) is 10.9 Å². The number of alkyl halides is 3. The number of carbonyl (C=O) groups is 1. The molecule has 2 rings (SSSR count). The summed E-state index contributed by atoms with van der Waals surface area (Å²) in [7, 11) is 0. The van der Waals surface area contributed by atoms with Crippen LogP contribution in [0.1, 0.15) is 22.8 Å². The number of hydrogen-bond acceptors (Lipinski definition) is 2. The van der Waals surface area contributed by atoms with Gasteiger partial charge in [0.2, 0.25) is 0 Å². The minimum absolute atomic E-state index is 0.0845. The molecule has 7 heteroatoms. The molecule has 19 heavy (non-hydrogen) atoms. The first kappa shape index (κ1) is 13.9. The Morgan fingerprint density at radius 3 is 2.63 bits per heavy atom. The Bertz CT molecular complexity index is 634. The van der Waals surface area contributed by atoms with E-state index >= 15 is 0 Å². The summed E-state index contributed by atoms with van der Waals surface area (Å²) in [6.07, 6.45) is -1.73. The molecule has 0 amide bonds. The van der Waals surface area contributed by atoms with Crippen LogP contribution in [0, 0.1) is 0 Å². The summed E-state index contributed by atoms with van der Waals surface area (Å²) in [6.45, 7) is 1.80. The molecule has 0 spiro atoms. The van der Waals surface area contributed by atoms with Gasteiger partial charge in [-0.2, -0.15) is 13.2 Å². The summed E-state index contributed by atoms with van der Waals surface area (Å²) in [5, 5.41) is 0. The van der Waals surface area contributed by atoms with Gasteiger partial charge in [0, 0.05) is 16.9 Å². The Labute approximate surface area is 115 Å². The maximum atomic E-state index is 12.9. The molecule has 0 bridgehead atoms. The highest BCUT2D eigenvalue weighted by Gasteiger charge is 2.34. The maximum Gasteiger partial charge on any atom is 0.418 e. The normalized spacial score (nSPS) is 11.8. The van der Waals surface area contributed by atoms with Crippen LogP contribution in [0.25, 0.3) is 5.52 Å². The lowest BCUT2D eigenvalue weighted by molar-refractivity contribution is -0.136. The van der Waals surface area contributed by atoms with Crippen molar-refractivity contribution in [3.63, 3.8) is 0 Å². The molecule has 0 radical (unpaired) electrons. The third-order valence-electron chi connectivity index (χ3n) is 2.49. The summed E-state index contributed by atoms with van der Waals surface area (Å²) in [5.74, 6) is -0.643. The van der Waals surface area contributed by atoms with E-state index in [1.54, 1.807) is 6.92 Å². The van der Waals surface area contributed by atoms with Gasteiger partial charge >= 0.3 is 12.1 Å². The molecule has 0 N–H and O–H groups in total. The van der Waals surface area contributed by atoms with Gasteiger partial charge in [-0.1, -0.05) is 0 Å². The van der Waals surface area contributed by atoms with E-state index in [2.05, 4.69) is 15.9 Å². The fourth-order valence-corrected chi connectivity index (χ4v) is 2.19. The smallest absolute Gasteiger partial charge is 0.418 e. The van der Waals surface area contributed by atoms with Crippen molar-refractivity contribution < 1.29 is 22.7 Å². The second-order valence-corrected chi connectivity index (χ2v) is 4.73. The lowest BCUT2D eigenvalue weighted by atomic mass is 10.2. The van der Waals surface area contributed by atoms with Gasteiger partial charge in [0.05, 0.1) is 23.3 Å². The molecular weight excluding hydrogens is 327 g/mol.